The third-order valence-corrected chi connectivity index (χ3v) is 10.4. The van der Waals surface area contributed by atoms with Gasteiger partial charge in [0.2, 0.25) is 0 Å². The second-order valence-corrected chi connectivity index (χ2v) is 18.6. The summed E-state index contributed by atoms with van der Waals surface area (Å²) >= 11 is 0. The van der Waals surface area contributed by atoms with Crippen LogP contribution in [0.15, 0.2) is 68.6 Å². The van der Waals surface area contributed by atoms with Gasteiger partial charge in [0.05, 0.1) is 48.3 Å². The van der Waals surface area contributed by atoms with Gasteiger partial charge >= 0.3 is 0 Å². The Balaban J connectivity index is 0.000000334. The molecule has 0 aromatic heterocycles. The second kappa shape index (κ2) is 17.7. The molecule has 4 aliphatic rings. The Kier molecular flexibility index (Phi) is 16.0. The summed E-state index contributed by atoms with van der Waals surface area (Å²) in [5.41, 5.74) is 7.61. The zero-order chi connectivity index (χ0) is 39.2. The molecule has 0 spiro atoms. The predicted octanol–water partition coefficient (Wildman–Crippen LogP) is 11.4. The first-order chi connectivity index (χ1) is 22.5. The number of carbonyl (C=O) groups is 1. The molecule has 0 aromatic rings. The normalized spacial score (nSPS) is 23.4. The lowest BCUT2D eigenvalue weighted by molar-refractivity contribution is -0.126. The van der Waals surface area contributed by atoms with Crippen LogP contribution in [0.25, 0.3) is 0 Å². The smallest absolute Gasteiger partial charge is 0.168 e. The molecule has 1 N–H and O–H groups in total. The maximum absolute atomic E-state index is 11.8. The van der Waals surface area contributed by atoms with Gasteiger partial charge in [-0.15, -0.1) is 0 Å². The van der Waals surface area contributed by atoms with Crippen LogP contribution in [0, 0.1) is 33.5 Å². The summed E-state index contributed by atoms with van der Waals surface area (Å²) in [5.74, 6) is 4.24. The van der Waals surface area contributed by atoms with Gasteiger partial charge < -0.3 is 24.1 Å². The third-order valence-electron chi connectivity index (χ3n) is 10.4. The van der Waals surface area contributed by atoms with Gasteiger partial charge in [-0.2, -0.15) is 0 Å². The number of ketones is 1. The first-order valence-electron chi connectivity index (χ1n) is 18.3. The van der Waals surface area contributed by atoms with Crippen molar-refractivity contribution in [3.05, 3.63) is 68.6 Å². The zero-order valence-corrected chi connectivity index (χ0v) is 35.7. The van der Waals surface area contributed by atoms with E-state index in [1.165, 1.54) is 22.3 Å². The fourth-order valence-electron chi connectivity index (χ4n) is 5.40. The van der Waals surface area contributed by atoms with Gasteiger partial charge in [-0.05, 0) is 105 Å². The van der Waals surface area contributed by atoms with Gasteiger partial charge in [0.1, 0.15) is 13.2 Å². The standard InChI is InChI=1S/C11H20O2.C11H18O2.2C11H18O/c2*1-7-8(2)13-6-9(10(7)12)11(3,4)5;2*1-8-6-10(11(3,4)5)7-12-9(8)2/h9-10,12H,6H2,1-5H3;9H,6H2,1-5H3;2*6H,7H2,1-5H3. The van der Waals surface area contributed by atoms with Gasteiger partial charge in [0.15, 0.2) is 5.78 Å². The van der Waals surface area contributed by atoms with Crippen LogP contribution in [0.5, 0.6) is 0 Å². The summed E-state index contributed by atoms with van der Waals surface area (Å²) in [6, 6.07) is 0. The largest absolute Gasteiger partial charge is 0.498 e. The first-order valence-corrected chi connectivity index (χ1v) is 18.3. The van der Waals surface area contributed by atoms with Crippen molar-refractivity contribution in [3.63, 3.8) is 0 Å². The van der Waals surface area contributed by atoms with E-state index < -0.39 is 0 Å². The van der Waals surface area contributed by atoms with E-state index in [0.717, 1.165) is 47.4 Å². The van der Waals surface area contributed by atoms with Crippen LogP contribution in [0.2, 0.25) is 0 Å². The fraction of sp³-hybridized carbons (Fsp3) is 0.705. The molecule has 0 aliphatic carbocycles. The number of Topliss-reactive ketones (excluding diaryl/α,β-unsaturated/α-hetero) is 1. The molecule has 3 unspecified atom stereocenters. The summed E-state index contributed by atoms with van der Waals surface area (Å²) in [4.78, 5) is 11.8. The fourth-order valence-corrected chi connectivity index (χ4v) is 5.40. The molecule has 6 heteroatoms. The summed E-state index contributed by atoms with van der Waals surface area (Å²) in [7, 11) is 0. The molecule has 50 heavy (non-hydrogen) atoms. The van der Waals surface area contributed by atoms with Crippen LogP contribution in [0.4, 0.5) is 0 Å². The number of rotatable bonds is 0. The third kappa shape index (κ3) is 13.4. The molecule has 0 saturated heterocycles. The molecule has 0 bridgehead atoms. The Morgan fingerprint density at radius 3 is 1.30 bits per heavy atom. The Morgan fingerprint density at radius 2 is 0.960 bits per heavy atom. The molecule has 3 atom stereocenters. The van der Waals surface area contributed by atoms with Crippen molar-refractivity contribution in [2.24, 2.45) is 33.5 Å². The Labute approximate surface area is 307 Å². The summed E-state index contributed by atoms with van der Waals surface area (Å²) < 4.78 is 22.1. The molecule has 4 aliphatic heterocycles. The van der Waals surface area contributed by atoms with E-state index in [4.69, 9.17) is 18.9 Å². The number of aliphatic hydroxyl groups is 1. The average Bonchev–Trinajstić information content (AvgIpc) is 2.96. The molecular weight excluding hydrogens is 624 g/mol. The molecule has 4 heterocycles. The van der Waals surface area contributed by atoms with Gasteiger partial charge in [-0.1, -0.05) is 95.2 Å². The van der Waals surface area contributed by atoms with E-state index in [1.807, 2.05) is 41.5 Å². The van der Waals surface area contributed by atoms with E-state index >= 15 is 0 Å². The summed E-state index contributed by atoms with van der Waals surface area (Å²) in [5, 5.41) is 10.0. The quantitative estimate of drug-likeness (QED) is 0.271. The Hall–Kier alpha value is -2.73. The molecule has 286 valence electrons. The zero-order valence-electron chi connectivity index (χ0n) is 35.7. The number of aliphatic hydroxyl groups excluding tert-OH is 1. The lowest BCUT2D eigenvalue weighted by Gasteiger charge is -2.38. The molecule has 0 fully saturated rings. The van der Waals surface area contributed by atoms with E-state index in [9.17, 15) is 9.90 Å². The summed E-state index contributed by atoms with van der Waals surface area (Å²) in [6.07, 6.45) is 4.16. The monoisotopic (exact) mass is 699 g/mol. The highest BCUT2D eigenvalue weighted by molar-refractivity contribution is 5.98. The molecule has 4 rings (SSSR count). The number of hydrogen-bond donors (Lipinski definition) is 1. The summed E-state index contributed by atoms with van der Waals surface area (Å²) in [6.45, 7) is 44.4. The topological polar surface area (TPSA) is 74.2 Å². The predicted molar refractivity (Wildman–Crippen MR) is 209 cm³/mol. The maximum atomic E-state index is 11.8. The van der Waals surface area contributed by atoms with Crippen molar-refractivity contribution in [3.8, 4) is 0 Å². The molecule has 0 radical (unpaired) electrons. The highest BCUT2D eigenvalue weighted by Gasteiger charge is 2.37. The molecule has 0 saturated carbocycles. The lowest BCUT2D eigenvalue weighted by Crippen LogP contribution is -2.39. The van der Waals surface area contributed by atoms with Crippen molar-refractivity contribution in [1.29, 1.82) is 0 Å². The van der Waals surface area contributed by atoms with Crippen molar-refractivity contribution in [2.75, 3.05) is 26.4 Å². The van der Waals surface area contributed by atoms with Crippen molar-refractivity contribution < 1.29 is 28.8 Å². The van der Waals surface area contributed by atoms with Crippen LogP contribution in [-0.2, 0) is 23.7 Å². The minimum absolute atomic E-state index is 0.000949. The minimum atomic E-state index is -0.339. The van der Waals surface area contributed by atoms with Crippen LogP contribution in [-0.4, -0.2) is 43.4 Å². The average molecular weight is 699 g/mol. The van der Waals surface area contributed by atoms with E-state index in [-0.39, 0.29) is 45.4 Å². The van der Waals surface area contributed by atoms with Crippen molar-refractivity contribution >= 4 is 5.78 Å². The van der Waals surface area contributed by atoms with Crippen molar-refractivity contribution in [2.45, 2.75) is 145 Å². The van der Waals surface area contributed by atoms with Crippen molar-refractivity contribution in [1.82, 2.24) is 0 Å². The van der Waals surface area contributed by atoms with Gasteiger partial charge in [0, 0.05) is 11.5 Å². The maximum Gasteiger partial charge on any atom is 0.168 e. The van der Waals surface area contributed by atoms with Crippen LogP contribution < -0.4 is 0 Å². The van der Waals surface area contributed by atoms with E-state index in [1.54, 1.807) is 0 Å². The SMILES string of the molecule is CC1=C(C)C(=O)C(C(C)(C)C)CO1.CC1=C(C)C(O)C(C(C)(C)C)CO1.CC1=C(C)OCC(C(C)(C)C)=C1.CC1=C(C)OCC(C(C)(C)C)=C1. The van der Waals surface area contributed by atoms with E-state index in [2.05, 4.69) is 109 Å². The number of carbonyl (C=O) groups excluding carboxylic acids is 1. The van der Waals surface area contributed by atoms with Gasteiger partial charge in [0.25, 0.3) is 0 Å². The highest BCUT2D eigenvalue weighted by Crippen LogP contribution is 2.36. The molecular formula is C44H74O6. The number of hydrogen-bond acceptors (Lipinski definition) is 6. The molecule has 0 amide bonds. The first kappa shape index (κ1) is 45.3. The molecule has 0 aromatic carbocycles. The van der Waals surface area contributed by atoms with Crippen LogP contribution >= 0.6 is 0 Å². The Bertz CT molecular complexity index is 1330. The van der Waals surface area contributed by atoms with Gasteiger partial charge in [-0.3, -0.25) is 4.79 Å². The van der Waals surface area contributed by atoms with E-state index in [0.29, 0.717) is 13.2 Å². The minimum Gasteiger partial charge on any atom is -0.498 e. The molecule has 6 nitrogen and oxygen atoms in total. The van der Waals surface area contributed by atoms with Gasteiger partial charge in [-0.25, -0.2) is 0 Å². The van der Waals surface area contributed by atoms with Crippen LogP contribution in [0.1, 0.15) is 138 Å². The Morgan fingerprint density at radius 1 is 0.560 bits per heavy atom. The number of allylic oxidation sites excluding steroid dienone is 9. The second-order valence-electron chi connectivity index (χ2n) is 18.6. The highest BCUT2D eigenvalue weighted by atomic mass is 16.5. The van der Waals surface area contributed by atoms with Crippen LogP contribution in [0.3, 0.4) is 0 Å². The lowest BCUT2D eigenvalue weighted by atomic mass is 9.75. The number of ether oxygens (including phenoxy) is 4.